The first-order valence-corrected chi connectivity index (χ1v) is 6.17. The minimum absolute atomic E-state index is 0.174. The van der Waals surface area contributed by atoms with E-state index in [1.807, 2.05) is 0 Å². The quantitative estimate of drug-likeness (QED) is 0.586. The van der Waals surface area contributed by atoms with Crippen molar-refractivity contribution in [2.75, 3.05) is 0 Å². The van der Waals surface area contributed by atoms with Gasteiger partial charge in [-0.1, -0.05) is 30.7 Å². The van der Waals surface area contributed by atoms with Crippen LogP contribution >= 0.6 is 0 Å². The van der Waals surface area contributed by atoms with E-state index in [4.69, 9.17) is 4.74 Å². The van der Waals surface area contributed by atoms with Crippen molar-refractivity contribution in [2.24, 2.45) is 5.92 Å². The van der Waals surface area contributed by atoms with E-state index >= 15 is 0 Å². The number of ether oxygens (including phenoxy) is 1. The van der Waals surface area contributed by atoms with Crippen molar-refractivity contribution in [3.8, 4) is 0 Å². The molecule has 15 heavy (non-hydrogen) atoms. The SMILES string of the molecule is c1ccc2c(c1)CC[C@H]1CCC[C@@H]3O[C@]213. The van der Waals surface area contributed by atoms with Gasteiger partial charge in [-0.25, -0.2) is 0 Å². The Morgan fingerprint density at radius 2 is 2.07 bits per heavy atom. The van der Waals surface area contributed by atoms with Crippen LogP contribution in [0.25, 0.3) is 0 Å². The molecule has 0 aromatic heterocycles. The van der Waals surface area contributed by atoms with Gasteiger partial charge in [0.25, 0.3) is 0 Å². The molecule has 1 heterocycles. The number of hydrogen-bond donors (Lipinski definition) is 0. The minimum Gasteiger partial charge on any atom is -0.361 e. The Hall–Kier alpha value is -0.820. The standard InChI is InChI=1S/C14H16O/c1-2-6-12-10(4-1)8-9-11-5-3-7-13-14(11,12)15-13/h1-2,4,6,11,13H,3,5,7-9H2/t11-,13+,14+/m1/s1. The first kappa shape index (κ1) is 8.35. The third-order valence-corrected chi connectivity index (χ3v) is 4.58. The first-order valence-electron chi connectivity index (χ1n) is 6.17. The Bertz CT molecular complexity index is 412. The summed E-state index contributed by atoms with van der Waals surface area (Å²) < 4.78 is 6.10. The summed E-state index contributed by atoms with van der Waals surface area (Å²) >= 11 is 0. The molecule has 0 radical (unpaired) electrons. The molecule has 1 nitrogen and oxygen atoms in total. The molecule has 2 fully saturated rings. The highest BCUT2D eigenvalue weighted by molar-refractivity contribution is 5.41. The molecule has 78 valence electrons. The lowest BCUT2D eigenvalue weighted by Crippen LogP contribution is -2.33. The fourth-order valence-electron chi connectivity index (χ4n) is 3.86. The third-order valence-electron chi connectivity index (χ3n) is 4.58. The van der Waals surface area contributed by atoms with Crippen LogP contribution in [0.4, 0.5) is 0 Å². The highest BCUT2D eigenvalue weighted by Gasteiger charge is 2.64. The number of aryl methyl sites for hydroxylation is 1. The molecule has 4 rings (SSSR count). The van der Waals surface area contributed by atoms with Crippen LogP contribution in [0.5, 0.6) is 0 Å². The highest BCUT2D eigenvalue weighted by Crippen LogP contribution is 2.62. The van der Waals surface area contributed by atoms with Crippen molar-refractivity contribution in [1.29, 1.82) is 0 Å². The van der Waals surface area contributed by atoms with Crippen LogP contribution in [0.3, 0.4) is 0 Å². The molecule has 0 bridgehead atoms. The Labute approximate surface area is 90.4 Å². The minimum atomic E-state index is 0.174. The van der Waals surface area contributed by atoms with Crippen molar-refractivity contribution < 1.29 is 4.74 Å². The molecule has 3 aliphatic rings. The van der Waals surface area contributed by atoms with E-state index in [0.717, 1.165) is 5.92 Å². The average molecular weight is 200 g/mol. The van der Waals surface area contributed by atoms with Crippen LogP contribution in [-0.2, 0) is 16.8 Å². The van der Waals surface area contributed by atoms with Gasteiger partial charge < -0.3 is 4.74 Å². The second-order valence-corrected chi connectivity index (χ2v) is 5.22. The maximum Gasteiger partial charge on any atom is 0.123 e. The van der Waals surface area contributed by atoms with Crippen molar-refractivity contribution >= 4 is 0 Å². The average Bonchev–Trinajstić information content (AvgIpc) is 3.02. The predicted octanol–water partition coefficient (Wildman–Crippen LogP) is 3.03. The summed E-state index contributed by atoms with van der Waals surface area (Å²) in [4.78, 5) is 0. The van der Waals surface area contributed by atoms with Crippen LogP contribution in [0, 0.1) is 5.92 Å². The molecule has 2 aliphatic carbocycles. The summed E-state index contributed by atoms with van der Waals surface area (Å²) in [5.41, 5.74) is 3.23. The molecule has 1 aromatic carbocycles. The maximum atomic E-state index is 6.10. The van der Waals surface area contributed by atoms with E-state index in [1.54, 1.807) is 0 Å². The maximum absolute atomic E-state index is 6.10. The number of benzene rings is 1. The van der Waals surface area contributed by atoms with E-state index in [-0.39, 0.29) is 5.60 Å². The molecular weight excluding hydrogens is 184 g/mol. The molecule has 1 aliphatic heterocycles. The van der Waals surface area contributed by atoms with Crippen LogP contribution < -0.4 is 0 Å². The van der Waals surface area contributed by atoms with Crippen molar-refractivity contribution in [1.82, 2.24) is 0 Å². The van der Waals surface area contributed by atoms with E-state index in [9.17, 15) is 0 Å². The van der Waals surface area contributed by atoms with E-state index in [0.29, 0.717) is 6.10 Å². The molecule has 1 saturated heterocycles. The number of fused-ring (bicyclic) bond motifs is 1. The number of hydrogen-bond acceptors (Lipinski definition) is 1. The summed E-state index contributed by atoms with van der Waals surface area (Å²) in [7, 11) is 0. The van der Waals surface area contributed by atoms with Crippen LogP contribution in [0.2, 0.25) is 0 Å². The van der Waals surface area contributed by atoms with Gasteiger partial charge in [0.1, 0.15) is 5.60 Å². The lowest BCUT2D eigenvalue weighted by molar-refractivity contribution is 0.186. The monoisotopic (exact) mass is 200 g/mol. The van der Waals surface area contributed by atoms with Gasteiger partial charge in [0, 0.05) is 0 Å². The predicted molar refractivity (Wildman–Crippen MR) is 58.7 cm³/mol. The summed E-state index contributed by atoms with van der Waals surface area (Å²) in [6.07, 6.45) is 7.19. The molecule has 1 saturated carbocycles. The number of epoxide rings is 1. The summed E-state index contributed by atoms with van der Waals surface area (Å²) in [5, 5.41) is 0. The molecular formula is C14H16O. The fraction of sp³-hybridized carbons (Fsp3) is 0.571. The lowest BCUT2D eigenvalue weighted by atomic mass is 9.68. The van der Waals surface area contributed by atoms with Gasteiger partial charge in [-0.15, -0.1) is 0 Å². The first-order chi connectivity index (χ1) is 7.41. The van der Waals surface area contributed by atoms with E-state index in [1.165, 1.54) is 43.2 Å². The van der Waals surface area contributed by atoms with Crippen molar-refractivity contribution in [2.45, 2.75) is 43.8 Å². The van der Waals surface area contributed by atoms with Gasteiger partial charge in [0.15, 0.2) is 0 Å². The van der Waals surface area contributed by atoms with Gasteiger partial charge in [0.05, 0.1) is 6.10 Å². The topological polar surface area (TPSA) is 12.5 Å². The zero-order chi connectivity index (χ0) is 9.88. The van der Waals surface area contributed by atoms with E-state index in [2.05, 4.69) is 24.3 Å². The van der Waals surface area contributed by atoms with Crippen molar-refractivity contribution in [3.05, 3.63) is 35.4 Å². The zero-order valence-corrected chi connectivity index (χ0v) is 8.91. The summed E-state index contributed by atoms with van der Waals surface area (Å²) in [5.74, 6) is 0.811. The molecule has 0 unspecified atom stereocenters. The fourth-order valence-corrected chi connectivity index (χ4v) is 3.86. The second-order valence-electron chi connectivity index (χ2n) is 5.22. The smallest absolute Gasteiger partial charge is 0.123 e. The van der Waals surface area contributed by atoms with E-state index < -0.39 is 0 Å². The molecule has 1 aromatic rings. The van der Waals surface area contributed by atoms with Crippen molar-refractivity contribution in [3.63, 3.8) is 0 Å². The van der Waals surface area contributed by atoms with Gasteiger partial charge in [0.2, 0.25) is 0 Å². The number of rotatable bonds is 0. The Balaban J connectivity index is 1.88. The summed E-state index contributed by atoms with van der Waals surface area (Å²) in [6, 6.07) is 8.92. The molecule has 1 heteroatoms. The van der Waals surface area contributed by atoms with Gasteiger partial charge in [-0.2, -0.15) is 0 Å². The zero-order valence-electron chi connectivity index (χ0n) is 8.91. The van der Waals surface area contributed by atoms with Crippen LogP contribution in [0.15, 0.2) is 24.3 Å². The highest BCUT2D eigenvalue weighted by atomic mass is 16.6. The molecule has 3 atom stereocenters. The normalized spacial score (nSPS) is 41.3. The van der Waals surface area contributed by atoms with Gasteiger partial charge >= 0.3 is 0 Å². The van der Waals surface area contributed by atoms with Crippen LogP contribution in [0.1, 0.15) is 36.8 Å². The lowest BCUT2D eigenvalue weighted by Gasteiger charge is -2.34. The molecule has 0 N–H and O–H groups in total. The Morgan fingerprint density at radius 3 is 3.07 bits per heavy atom. The van der Waals surface area contributed by atoms with Gasteiger partial charge in [-0.05, 0) is 42.7 Å². The Morgan fingerprint density at radius 1 is 1.13 bits per heavy atom. The second kappa shape index (κ2) is 2.65. The summed E-state index contributed by atoms with van der Waals surface area (Å²) in [6.45, 7) is 0. The third kappa shape index (κ3) is 0.926. The Kier molecular flexibility index (Phi) is 1.47. The largest absolute Gasteiger partial charge is 0.361 e. The molecule has 1 spiro atoms. The van der Waals surface area contributed by atoms with Gasteiger partial charge in [-0.3, -0.25) is 0 Å². The molecule has 0 amide bonds. The van der Waals surface area contributed by atoms with Crippen LogP contribution in [-0.4, -0.2) is 6.10 Å².